The first-order valence-electron chi connectivity index (χ1n) is 15.5. The van der Waals surface area contributed by atoms with Crippen LogP contribution in [0.25, 0.3) is 43.4 Å². The molecule has 45 heavy (non-hydrogen) atoms. The Morgan fingerprint density at radius 2 is 0.800 bits per heavy atom. The summed E-state index contributed by atoms with van der Waals surface area (Å²) in [6.07, 6.45) is 0. The minimum Gasteiger partial charge on any atom is -0.398 e. The maximum absolute atomic E-state index is 7.06. The lowest BCUT2D eigenvalue weighted by atomic mass is 9.67. The van der Waals surface area contributed by atoms with Gasteiger partial charge in [0.2, 0.25) is 7.98 Å². The van der Waals surface area contributed by atoms with Crippen LogP contribution in [0.15, 0.2) is 170 Å². The van der Waals surface area contributed by atoms with Gasteiger partial charge < -0.3 is 4.81 Å². The molecule has 0 unspecified atom stereocenters. The zero-order chi connectivity index (χ0) is 30.0. The summed E-state index contributed by atoms with van der Waals surface area (Å²) in [7, 11) is 7.06. The van der Waals surface area contributed by atoms with Crippen molar-refractivity contribution in [3.05, 3.63) is 192 Å². The second kappa shape index (κ2) is 9.97. The van der Waals surface area contributed by atoms with E-state index in [1.165, 1.54) is 65.7 Å². The second-order valence-electron chi connectivity index (χ2n) is 11.9. The topological polar surface area (TPSA) is 3.24 Å². The molecular weight excluding hydrogens is 541 g/mol. The van der Waals surface area contributed by atoms with Gasteiger partial charge >= 0.3 is 0 Å². The molecule has 8 aromatic carbocycles. The van der Waals surface area contributed by atoms with E-state index in [1.807, 2.05) is 4.81 Å². The third-order valence-electron chi connectivity index (χ3n) is 9.73. The lowest BCUT2D eigenvalue weighted by Crippen LogP contribution is -2.28. The number of hydrogen-bond acceptors (Lipinski definition) is 1. The van der Waals surface area contributed by atoms with E-state index in [1.54, 1.807) is 0 Å². The number of fused-ring (bicyclic) bond motifs is 9. The Morgan fingerprint density at radius 1 is 0.356 bits per heavy atom. The van der Waals surface area contributed by atoms with Gasteiger partial charge in [0.15, 0.2) is 0 Å². The van der Waals surface area contributed by atoms with Crippen LogP contribution in [0.1, 0.15) is 22.3 Å². The second-order valence-corrected chi connectivity index (χ2v) is 11.9. The van der Waals surface area contributed by atoms with E-state index in [0.717, 1.165) is 11.4 Å². The third-order valence-corrected chi connectivity index (χ3v) is 9.73. The lowest BCUT2D eigenvalue weighted by Gasteiger charge is -2.34. The Hall–Kier alpha value is -5.60. The maximum Gasteiger partial charge on any atom is 0.234 e. The molecule has 0 aliphatic heterocycles. The largest absolute Gasteiger partial charge is 0.398 e. The summed E-state index contributed by atoms with van der Waals surface area (Å²) in [5.74, 6) is 0. The van der Waals surface area contributed by atoms with Gasteiger partial charge in [0.1, 0.15) is 0 Å². The first kappa shape index (κ1) is 25.9. The number of rotatable bonds is 4. The van der Waals surface area contributed by atoms with Gasteiger partial charge in [-0.15, -0.1) is 0 Å². The van der Waals surface area contributed by atoms with E-state index >= 15 is 0 Å². The number of anilines is 2. The first-order valence-corrected chi connectivity index (χ1v) is 15.5. The van der Waals surface area contributed by atoms with Gasteiger partial charge in [0.05, 0.1) is 5.41 Å². The van der Waals surface area contributed by atoms with E-state index in [0.29, 0.717) is 0 Å². The fraction of sp³-hybridized carbons (Fsp3) is 0.0233. The summed E-state index contributed by atoms with van der Waals surface area (Å²) < 4.78 is 0. The van der Waals surface area contributed by atoms with Crippen LogP contribution in [0.4, 0.5) is 11.4 Å². The molecule has 0 N–H and O–H groups in total. The van der Waals surface area contributed by atoms with E-state index in [-0.39, 0.29) is 0 Å². The highest BCUT2D eigenvalue weighted by molar-refractivity contribution is 6.27. The molecule has 0 spiro atoms. The molecule has 1 nitrogen and oxygen atoms in total. The third kappa shape index (κ3) is 3.69. The van der Waals surface area contributed by atoms with Crippen LogP contribution in [0.5, 0.6) is 0 Å². The van der Waals surface area contributed by atoms with Crippen molar-refractivity contribution in [3.8, 4) is 11.1 Å². The molecule has 208 valence electrons. The highest BCUT2D eigenvalue weighted by Crippen LogP contribution is 2.56. The van der Waals surface area contributed by atoms with Crippen LogP contribution < -0.4 is 4.81 Å². The van der Waals surface area contributed by atoms with Crippen molar-refractivity contribution >= 4 is 51.7 Å². The molecule has 1 aliphatic rings. The number of benzene rings is 8. The van der Waals surface area contributed by atoms with Crippen LogP contribution in [0, 0.1) is 0 Å². The summed E-state index contributed by atoms with van der Waals surface area (Å²) in [6.45, 7) is 0. The van der Waals surface area contributed by atoms with Crippen molar-refractivity contribution in [3.63, 3.8) is 0 Å². The molecule has 0 heterocycles. The van der Waals surface area contributed by atoms with Gasteiger partial charge in [-0.25, -0.2) is 0 Å². The van der Waals surface area contributed by atoms with Crippen LogP contribution in [0.2, 0.25) is 0 Å². The van der Waals surface area contributed by atoms with Crippen molar-refractivity contribution < 1.29 is 0 Å². The molecule has 0 saturated carbocycles. The molecule has 0 aromatic heterocycles. The minimum atomic E-state index is -0.468. The van der Waals surface area contributed by atoms with Crippen LogP contribution in [-0.4, -0.2) is 7.98 Å². The lowest BCUT2D eigenvalue weighted by molar-refractivity contribution is 0.768. The van der Waals surface area contributed by atoms with Crippen molar-refractivity contribution in [2.45, 2.75) is 5.41 Å². The van der Waals surface area contributed by atoms with Crippen LogP contribution >= 0.6 is 0 Å². The Balaban J connectivity index is 1.27. The molecule has 8 aromatic rings. The average molecular weight is 570 g/mol. The molecule has 2 radical (unpaired) electrons. The predicted molar refractivity (Wildman–Crippen MR) is 191 cm³/mol. The summed E-state index contributed by atoms with van der Waals surface area (Å²) in [4.78, 5) is 1.84. The normalized spacial score (nSPS) is 13.2. The van der Waals surface area contributed by atoms with Crippen molar-refractivity contribution in [1.82, 2.24) is 0 Å². The van der Waals surface area contributed by atoms with E-state index in [9.17, 15) is 0 Å². The Kier molecular flexibility index (Phi) is 5.73. The van der Waals surface area contributed by atoms with Crippen molar-refractivity contribution in [2.24, 2.45) is 0 Å². The van der Waals surface area contributed by atoms with Gasteiger partial charge in [0, 0.05) is 11.4 Å². The first-order chi connectivity index (χ1) is 22.2. The smallest absolute Gasteiger partial charge is 0.234 e. The fourth-order valence-corrected chi connectivity index (χ4v) is 7.78. The van der Waals surface area contributed by atoms with Crippen LogP contribution in [-0.2, 0) is 5.41 Å². The summed E-state index contributed by atoms with van der Waals surface area (Å²) >= 11 is 0. The summed E-state index contributed by atoms with van der Waals surface area (Å²) in [6, 6.07) is 61.3. The average Bonchev–Trinajstić information content (AvgIpc) is 3.42. The highest BCUT2D eigenvalue weighted by atomic mass is 15.0. The quantitative estimate of drug-likeness (QED) is 0.151. The summed E-state index contributed by atoms with van der Waals surface area (Å²) in [5, 5.41) is 7.46. The molecular formula is C43H28BN. The standard InChI is InChI=1S/C43H28BN/c44-45(31-23-25-37-35-19-8-7-17-33(35)34-18-9-10-20-36(34)40(37)27-31)32-24-26-39-38-21-11-12-22-41(38)43(42(39)28-32,29-13-3-1-4-14-29)30-15-5-2-6-16-30/h1-28H. The van der Waals surface area contributed by atoms with Gasteiger partial charge in [-0.1, -0.05) is 146 Å². The molecule has 0 saturated heterocycles. The van der Waals surface area contributed by atoms with Gasteiger partial charge in [0.25, 0.3) is 0 Å². The monoisotopic (exact) mass is 569 g/mol. The van der Waals surface area contributed by atoms with E-state index < -0.39 is 5.41 Å². The zero-order valence-corrected chi connectivity index (χ0v) is 24.7. The zero-order valence-electron chi connectivity index (χ0n) is 24.7. The maximum atomic E-state index is 7.06. The minimum absolute atomic E-state index is 0.468. The highest BCUT2D eigenvalue weighted by Gasteiger charge is 2.46. The van der Waals surface area contributed by atoms with Gasteiger partial charge in [-0.3, -0.25) is 0 Å². The van der Waals surface area contributed by atoms with Crippen molar-refractivity contribution in [2.75, 3.05) is 4.81 Å². The summed E-state index contributed by atoms with van der Waals surface area (Å²) in [5.41, 5.74) is 8.95. The van der Waals surface area contributed by atoms with E-state index in [2.05, 4.69) is 170 Å². The number of hydrogen-bond donors (Lipinski definition) is 0. The molecule has 0 bridgehead atoms. The molecule has 2 heteroatoms. The number of nitrogens with zero attached hydrogens (tertiary/aromatic N) is 1. The van der Waals surface area contributed by atoms with Gasteiger partial charge in [-0.2, -0.15) is 0 Å². The van der Waals surface area contributed by atoms with Crippen molar-refractivity contribution in [1.29, 1.82) is 0 Å². The molecule has 9 rings (SSSR count). The SMILES string of the molecule is [B]N(c1ccc2c(c1)C(c1ccccc1)(c1ccccc1)c1ccccc1-2)c1ccc2c3ccccc3c3ccccc3c2c1. The predicted octanol–water partition coefficient (Wildman–Crippen LogP) is 10.7. The Labute approximate surface area is 264 Å². The Bertz CT molecular complexity index is 2320. The molecule has 0 amide bonds. The van der Waals surface area contributed by atoms with E-state index in [4.69, 9.17) is 7.98 Å². The molecule has 1 aliphatic carbocycles. The van der Waals surface area contributed by atoms with Crippen LogP contribution in [0.3, 0.4) is 0 Å². The fourth-order valence-electron chi connectivity index (χ4n) is 7.78. The molecule has 0 fully saturated rings. The molecule has 0 atom stereocenters. The van der Waals surface area contributed by atoms with Gasteiger partial charge in [-0.05, 0) is 90.0 Å². The Morgan fingerprint density at radius 3 is 1.42 bits per heavy atom.